The highest BCUT2D eigenvalue weighted by Crippen LogP contribution is 2.52. The van der Waals surface area contributed by atoms with Gasteiger partial charge in [-0.25, -0.2) is 13.2 Å². The van der Waals surface area contributed by atoms with Crippen molar-refractivity contribution < 1.29 is 27.4 Å². The van der Waals surface area contributed by atoms with Gasteiger partial charge in [-0.3, -0.25) is 4.79 Å². The van der Waals surface area contributed by atoms with E-state index in [0.29, 0.717) is 43.2 Å². The monoisotopic (exact) mass is 475 g/mol. The molecule has 4 rings (SSSR count). The Balaban J connectivity index is 1.44. The third kappa shape index (κ3) is 4.48. The Kier molecular flexibility index (Phi) is 7.06. The molecule has 2 heterocycles. The summed E-state index contributed by atoms with van der Waals surface area (Å²) in [5, 5.41) is 0. The molecule has 3 atom stereocenters. The van der Waals surface area contributed by atoms with Crippen LogP contribution in [0.3, 0.4) is 0 Å². The minimum absolute atomic E-state index is 0.156. The van der Waals surface area contributed by atoms with Gasteiger partial charge in [-0.15, -0.1) is 0 Å². The van der Waals surface area contributed by atoms with Gasteiger partial charge in [-0.1, -0.05) is 24.6 Å². The van der Waals surface area contributed by atoms with E-state index in [9.17, 15) is 18.0 Å². The molecule has 2 saturated heterocycles. The molecule has 0 bridgehead atoms. The van der Waals surface area contributed by atoms with Gasteiger partial charge in [-0.2, -0.15) is 0 Å². The van der Waals surface area contributed by atoms with Crippen molar-refractivity contribution in [2.75, 3.05) is 0 Å². The van der Waals surface area contributed by atoms with Crippen LogP contribution in [0.5, 0.6) is 0 Å². The SMILES string of the molecule is C/C=C\C=C(\F)C(=C(C)CC)C(C)OC1CC2(C1)OC1CCC(c3cc(F)cc(F)c3)N1C2=O. The standard InChI is InChI=1S/C27H32F3NO3/c1-5-7-8-22(30)25(16(3)6-2)17(4)33-21-14-27(15-21)26(32)31-23(9-10-24(31)34-27)18-11-19(28)13-20(29)12-18/h5,7-8,11-13,17,21,23-24H,6,9-10,14-15H2,1-4H3/b7-5-,22-8+,25-16?. The number of carbonyl (C=O) groups is 1. The number of hydrogen-bond donors (Lipinski definition) is 0. The largest absolute Gasteiger partial charge is 0.370 e. The molecule has 3 unspecified atom stereocenters. The number of allylic oxidation sites excluding steroid dienone is 4. The minimum atomic E-state index is -0.970. The highest BCUT2D eigenvalue weighted by atomic mass is 19.1. The Labute approximate surface area is 199 Å². The lowest BCUT2D eigenvalue weighted by molar-refractivity contribution is -0.180. The van der Waals surface area contributed by atoms with Crippen molar-refractivity contribution in [2.24, 2.45) is 0 Å². The molecule has 4 nitrogen and oxygen atoms in total. The number of nitrogens with zero attached hydrogens (tertiary/aromatic N) is 1. The first kappa shape index (κ1) is 24.7. The van der Waals surface area contributed by atoms with Crippen molar-refractivity contribution in [3.63, 3.8) is 0 Å². The molecule has 1 aromatic carbocycles. The quantitative estimate of drug-likeness (QED) is 0.426. The van der Waals surface area contributed by atoms with E-state index in [1.807, 2.05) is 27.7 Å². The second-order valence-corrected chi connectivity index (χ2v) is 9.47. The van der Waals surface area contributed by atoms with E-state index < -0.39 is 35.6 Å². The molecule has 0 N–H and O–H groups in total. The van der Waals surface area contributed by atoms with E-state index >= 15 is 0 Å². The van der Waals surface area contributed by atoms with Crippen LogP contribution in [0.25, 0.3) is 0 Å². The molecular formula is C27H32F3NO3. The van der Waals surface area contributed by atoms with Crippen LogP contribution < -0.4 is 0 Å². The zero-order valence-corrected chi connectivity index (χ0v) is 20.1. The number of hydrogen-bond acceptors (Lipinski definition) is 3. The van der Waals surface area contributed by atoms with Gasteiger partial charge >= 0.3 is 0 Å². The van der Waals surface area contributed by atoms with Crippen molar-refractivity contribution in [3.05, 3.63) is 70.6 Å². The smallest absolute Gasteiger partial charge is 0.257 e. The molecule has 7 heteroatoms. The molecule has 1 spiro atoms. The maximum absolute atomic E-state index is 14.8. The molecule has 1 aromatic rings. The Morgan fingerprint density at radius 1 is 1.26 bits per heavy atom. The van der Waals surface area contributed by atoms with Crippen LogP contribution in [0, 0.1) is 11.6 Å². The van der Waals surface area contributed by atoms with Crippen LogP contribution in [0.4, 0.5) is 13.2 Å². The van der Waals surface area contributed by atoms with Crippen LogP contribution in [-0.2, 0) is 14.3 Å². The average Bonchev–Trinajstić information content (AvgIpc) is 3.29. The summed E-state index contributed by atoms with van der Waals surface area (Å²) < 4.78 is 54.7. The minimum Gasteiger partial charge on any atom is -0.370 e. The highest BCUT2D eigenvalue weighted by molar-refractivity contribution is 5.89. The Bertz CT molecular complexity index is 1020. The molecule has 34 heavy (non-hydrogen) atoms. The van der Waals surface area contributed by atoms with Crippen LogP contribution >= 0.6 is 0 Å². The van der Waals surface area contributed by atoms with Gasteiger partial charge < -0.3 is 14.4 Å². The van der Waals surface area contributed by atoms with Crippen molar-refractivity contribution in [1.29, 1.82) is 0 Å². The predicted octanol–water partition coefficient (Wildman–Crippen LogP) is 6.45. The van der Waals surface area contributed by atoms with E-state index in [1.54, 1.807) is 17.1 Å². The third-order valence-corrected chi connectivity index (χ3v) is 7.19. The molecule has 0 radical (unpaired) electrons. The molecule has 1 saturated carbocycles. The molecule has 184 valence electrons. The fourth-order valence-electron chi connectivity index (χ4n) is 5.41. The molecule has 1 aliphatic carbocycles. The lowest BCUT2D eigenvalue weighted by atomic mass is 9.76. The van der Waals surface area contributed by atoms with Gasteiger partial charge in [0.15, 0.2) is 5.60 Å². The van der Waals surface area contributed by atoms with Gasteiger partial charge in [0.1, 0.15) is 23.7 Å². The van der Waals surface area contributed by atoms with Crippen LogP contribution in [0.15, 0.2) is 53.4 Å². The van der Waals surface area contributed by atoms with E-state index in [4.69, 9.17) is 9.47 Å². The fraction of sp³-hybridized carbons (Fsp3) is 0.519. The summed E-state index contributed by atoms with van der Waals surface area (Å²) >= 11 is 0. The average molecular weight is 476 g/mol. The molecule has 0 aromatic heterocycles. The molecule has 1 amide bonds. The van der Waals surface area contributed by atoms with E-state index in [-0.39, 0.29) is 17.8 Å². The number of carbonyl (C=O) groups excluding carboxylic acids is 1. The van der Waals surface area contributed by atoms with Gasteiger partial charge in [0, 0.05) is 24.5 Å². The van der Waals surface area contributed by atoms with Gasteiger partial charge in [-0.05, 0) is 63.8 Å². The van der Waals surface area contributed by atoms with E-state index in [2.05, 4.69) is 0 Å². The van der Waals surface area contributed by atoms with Crippen molar-refractivity contribution in [1.82, 2.24) is 4.90 Å². The van der Waals surface area contributed by atoms with Crippen LogP contribution in [0.2, 0.25) is 0 Å². The lowest BCUT2D eigenvalue weighted by Gasteiger charge is -2.43. The van der Waals surface area contributed by atoms with Gasteiger partial charge in [0.2, 0.25) is 0 Å². The zero-order valence-electron chi connectivity index (χ0n) is 20.1. The number of ether oxygens (including phenoxy) is 2. The van der Waals surface area contributed by atoms with Crippen LogP contribution in [0.1, 0.15) is 71.4 Å². The van der Waals surface area contributed by atoms with Gasteiger partial charge in [0.05, 0.1) is 18.2 Å². The maximum atomic E-state index is 14.8. The van der Waals surface area contributed by atoms with Crippen LogP contribution in [-0.4, -0.2) is 34.8 Å². The first-order valence-corrected chi connectivity index (χ1v) is 12.0. The summed E-state index contributed by atoms with van der Waals surface area (Å²) in [4.78, 5) is 15.0. The highest BCUT2D eigenvalue weighted by Gasteiger charge is 2.63. The molecular weight excluding hydrogens is 443 g/mol. The zero-order chi connectivity index (χ0) is 24.6. The topological polar surface area (TPSA) is 38.8 Å². The number of benzene rings is 1. The summed E-state index contributed by atoms with van der Waals surface area (Å²) in [5.41, 5.74) is 0.929. The summed E-state index contributed by atoms with van der Waals surface area (Å²) in [6.07, 6.45) is 6.42. The second-order valence-electron chi connectivity index (χ2n) is 9.47. The first-order valence-electron chi connectivity index (χ1n) is 12.0. The number of fused-ring (bicyclic) bond motifs is 1. The van der Waals surface area contributed by atoms with Gasteiger partial charge in [0.25, 0.3) is 5.91 Å². The number of rotatable bonds is 7. The van der Waals surface area contributed by atoms with E-state index in [1.165, 1.54) is 18.2 Å². The summed E-state index contributed by atoms with van der Waals surface area (Å²) in [6.45, 7) is 7.52. The Hall–Kier alpha value is -2.38. The van der Waals surface area contributed by atoms with Crippen molar-refractivity contribution in [3.8, 4) is 0 Å². The van der Waals surface area contributed by atoms with Crippen molar-refractivity contribution in [2.45, 2.75) is 89.9 Å². The number of halogens is 3. The first-order chi connectivity index (χ1) is 16.2. The molecule has 2 aliphatic heterocycles. The maximum Gasteiger partial charge on any atom is 0.257 e. The Morgan fingerprint density at radius 3 is 2.56 bits per heavy atom. The summed E-state index contributed by atoms with van der Waals surface area (Å²) in [6, 6.07) is 2.98. The summed E-state index contributed by atoms with van der Waals surface area (Å²) in [5.74, 6) is -1.79. The number of amides is 1. The second kappa shape index (κ2) is 9.70. The lowest BCUT2D eigenvalue weighted by Crippen LogP contribution is -2.55. The molecule has 3 aliphatic rings. The third-order valence-electron chi connectivity index (χ3n) is 7.19. The normalized spacial score (nSPS) is 30.7. The molecule has 3 fully saturated rings. The fourth-order valence-corrected chi connectivity index (χ4v) is 5.41. The van der Waals surface area contributed by atoms with E-state index in [0.717, 1.165) is 11.6 Å². The Morgan fingerprint density at radius 2 is 1.94 bits per heavy atom. The summed E-state index contributed by atoms with van der Waals surface area (Å²) in [7, 11) is 0. The van der Waals surface area contributed by atoms with Crippen molar-refractivity contribution >= 4 is 5.91 Å². The predicted molar refractivity (Wildman–Crippen MR) is 123 cm³/mol.